The van der Waals surface area contributed by atoms with E-state index in [1.807, 2.05) is 67.1 Å². The largest absolute Gasteiger partial charge is 0.495 e. The van der Waals surface area contributed by atoms with Crippen LogP contribution in [0.5, 0.6) is 5.75 Å². The summed E-state index contributed by atoms with van der Waals surface area (Å²) in [5.74, 6) is 1.34. The number of piperazine rings is 1. The Hall–Kier alpha value is -3.16. The number of benzene rings is 2. The molecule has 32 heavy (non-hydrogen) atoms. The maximum absolute atomic E-state index is 12.9. The van der Waals surface area contributed by atoms with E-state index in [1.54, 1.807) is 7.11 Å². The van der Waals surface area contributed by atoms with E-state index in [2.05, 4.69) is 27.1 Å². The number of ether oxygens (including phenoxy) is 1. The SMILES string of the molecule is COc1ccc(-n2cc(C)nc2C)cc1NC(=O)c1ccc(CN2CCN(C)CC2)cc1. The van der Waals surface area contributed by atoms with Crippen molar-refractivity contribution in [3.05, 3.63) is 71.3 Å². The van der Waals surface area contributed by atoms with Crippen LogP contribution in [0, 0.1) is 13.8 Å². The van der Waals surface area contributed by atoms with Crippen LogP contribution < -0.4 is 10.1 Å². The summed E-state index contributed by atoms with van der Waals surface area (Å²) in [4.78, 5) is 22.2. The number of aryl methyl sites for hydroxylation is 2. The molecule has 4 rings (SSSR count). The van der Waals surface area contributed by atoms with Crippen molar-refractivity contribution in [2.24, 2.45) is 0 Å². The maximum Gasteiger partial charge on any atom is 0.255 e. The minimum Gasteiger partial charge on any atom is -0.495 e. The Morgan fingerprint density at radius 3 is 2.41 bits per heavy atom. The summed E-state index contributed by atoms with van der Waals surface area (Å²) in [6.07, 6.45) is 1.97. The van der Waals surface area contributed by atoms with E-state index in [0.29, 0.717) is 17.0 Å². The van der Waals surface area contributed by atoms with Crippen LogP contribution in [0.25, 0.3) is 5.69 Å². The van der Waals surface area contributed by atoms with Crippen LogP contribution in [-0.2, 0) is 6.54 Å². The molecule has 2 aromatic carbocycles. The van der Waals surface area contributed by atoms with Gasteiger partial charge < -0.3 is 19.5 Å². The molecule has 1 saturated heterocycles. The molecule has 1 fully saturated rings. The smallest absolute Gasteiger partial charge is 0.255 e. The highest BCUT2D eigenvalue weighted by Gasteiger charge is 2.15. The second-order valence-corrected chi connectivity index (χ2v) is 8.41. The highest BCUT2D eigenvalue weighted by molar-refractivity contribution is 6.05. The van der Waals surface area contributed by atoms with Crippen LogP contribution >= 0.6 is 0 Å². The standard InChI is InChI=1S/C25H31N5O2/c1-18-16-30(19(2)26-18)22-9-10-24(32-4)23(15-22)27-25(31)21-7-5-20(6-8-21)17-29-13-11-28(3)12-14-29/h5-10,15-16H,11-14,17H2,1-4H3,(H,27,31). The van der Waals surface area contributed by atoms with Crippen molar-refractivity contribution in [1.82, 2.24) is 19.4 Å². The van der Waals surface area contributed by atoms with Gasteiger partial charge in [0, 0.05) is 50.2 Å². The van der Waals surface area contributed by atoms with Crippen LogP contribution in [0.15, 0.2) is 48.7 Å². The van der Waals surface area contributed by atoms with Crippen molar-refractivity contribution >= 4 is 11.6 Å². The molecule has 0 unspecified atom stereocenters. The number of hydrogen-bond donors (Lipinski definition) is 1. The molecular formula is C25H31N5O2. The lowest BCUT2D eigenvalue weighted by Gasteiger charge is -2.32. The van der Waals surface area contributed by atoms with E-state index in [1.165, 1.54) is 5.56 Å². The molecule has 1 aromatic heterocycles. The van der Waals surface area contributed by atoms with Gasteiger partial charge in [-0.1, -0.05) is 12.1 Å². The first kappa shape index (κ1) is 22.0. The molecule has 7 nitrogen and oxygen atoms in total. The van der Waals surface area contributed by atoms with Crippen molar-refractivity contribution in [2.45, 2.75) is 20.4 Å². The predicted octanol–water partition coefficient (Wildman–Crippen LogP) is 3.50. The Kier molecular flexibility index (Phi) is 6.58. The number of hydrogen-bond acceptors (Lipinski definition) is 5. The second-order valence-electron chi connectivity index (χ2n) is 8.41. The first-order valence-corrected chi connectivity index (χ1v) is 10.9. The number of rotatable bonds is 6. The number of anilines is 1. The lowest BCUT2D eigenvalue weighted by molar-refractivity contribution is 0.102. The first-order valence-electron chi connectivity index (χ1n) is 10.9. The van der Waals surface area contributed by atoms with Gasteiger partial charge in [-0.15, -0.1) is 0 Å². The van der Waals surface area contributed by atoms with Gasteiger partial charge in [0.15, 0.2) is 0 Å². The number of imidazole rings is 1. The fourth-order valence-corrected chi connectivity index (χ4v) is 4.04. The maximum atomic E-state index is 12.9. The normalized spacial score (nSPS) is 15.0. The van der Waals surface area contributed by atoms with Crippen LogP contribution in [0.2, 0.25) is 0 Å². The number of amides is 1. The van der Waals surface area contributed by atoms with Crippen molar-refractivity contribution in [3.63, 3.8) is 0 Å². The third-order valence-electron chi connectivity index (χ3n) is 5.93. The molecule has 1 aliphatic heterocycles. The predicted molar refractivity (Wildman–Crippen MR) is 127 cm³/mol. The minimum atomic E-state index is -0.162. The Morgan fingerprint density at radius 1 is 1.06 bits per heavy atom. The highest BCUT2D eigenvalue weighted by atomic mass is 16.5. The third kappa shape index (κ3) is 5.00. The molecule has 0 spiro atoms. The molecule has 0 atom stereocenters. The van der Waals surface area contributed by atoms with Gasteiger partial charge in [0.25, 0.3) is 5.91 Å². The molecule has 0 bridgehead atoms. The van der Waals surface area contributed by atoms with Gasteiger partial charge in [0.1, 0.15) is 11.6 Å². The molecule has 168 valence electrons. The second kappa shape index (κ2) is 9.54. The lowest BCUT2D eigenvalue weighted by atomic mass is 10.1. The molecular weight excluding hydrogens is 402 g/mol. The molecule has 0 radical (unpaired) electrons. The van der Waals surface area contributed by atoms with Crippen LogP contribution in [-0.4, -0.2) is 65.6 Å². The fourth-order valence-electron chi connectivity index (χ4n) is 4.04. The van der Waals surface area contributed by atoms with Crippen LogP contribution in [0.3, 0.4) is 0 Å². The summed E-state index contributed by atoms with van der Waals surface area (Å²) in [6.45, 7) is 9.17. The minimum absolute atomic E-state index is 0.162. The quantitative estimate of drug-likeness (QED) is 0.645. The summed E-state index contributed by atoms with van der Waals surface area (Å²) < 4.78 is 7.47. The summed E-state index contributed by atoms with van der Waals surface area (Å²) in [5.41, 5.74) is 4.33. The van der Waals surface area contributed by atoms with Crippen molar-refractivity contribution in [2.75, 3.05) is 45.7 Å². The first-order chi connectivity index (χ1) is 15.4. The number of aromatic nitrogens is 2. The molecule has 1 N–H and O–H groups in total. The summed E-state index contributed by atoms with van der Waals surface area (Å²) in [6, 6.07) is 13.6. The van der Waals surface area contributed by atoms with E-state index < -0.39 is 0 Å². The molecule has 3 aromatic rings. The Bertz CT molecular complexity index is 1080. The Morgan fingerprint density at radius 2 is 1.78 bits per heavy atom. The number of nitrogens with zero attached hydrogens (tertiary/aromatic N) is 4. The highest BCUT2D eigenvalue weighted by Crippen LogP contribution is 2.28. The average Bonchev–Trinajstić information content (AvgIpc) is 3.13. The van der Waals surface area contributed by atoms with Gasteiger partial charge in [0.05, 0.1) is 18.5 Å². The van der Waals surface area contributed by atoms with Crippen molar-refractivity contribution in [3.8, 4) is 11.4 Å². The Balaban J connectivity index is 1.47. The van der Waals surface area contributed by atoms with Crippen LogP contribution in [0.4, 0.5) is 5.69 Å². The molecule has 1 amide bonds. The molecule has 0 saturated carbocycles. The van der Waals surface area contributed by atoms with Gasteiger partial charge in [-0.25, -0.2) is 4.98 Å². The van der Waals surface area contributed by atoms with Gasteiger partial charge in [0.2, 0.25) is 0 Å². The number of nitrogens with one attached hydrogen (secondary N) is 1. The van der Waals surface area contributed by atoms with E-state index in [-0.39, 0.29) is 5.91 Å². The molecule has 1 aliphatic rings. The zero-order valence-electron chi connectivity index (χ0n) is 19.3. The molecule has 2 heterocycles. The van der Waals surface area contributed by atoms with Gasteiger partial charge >= 0.3 is 0 Å². The van der Waals surface area contributed by atoms with Crippen molar-refractivity contribution in [1.29, 1.82) is 0 Å². The number of methoxy groups -OCH3 is 1. The summed E-state index contributed by atoms with van der Waals surface area (Å²) in [5, 5.41) is 3.01. The number of likely N-dealkylation sites (N-methyl/N-ethyl adjacent to an activating group) is 1. The third-order valence-corrected chi connectivity index (χ3v) is 5.93. The van der Waals surface area contributed by atoms with E-state index in [4.69, 9.17) is 4.74 Å². The van der Waals surface area contributed by atoms with Gasteiger partial charge in [-0.2, -0.15) is 0 Å². The molecule has 7 heteroatoms. The van der Waals surface area contributed by atoms with E-state index in [0.717, 1.165) is 49.9 Å². The topological polar surface area (TPSA) is 62.6 Å². The van der Waals surface area contributed by atoms with E-state index in [9.17, 15) is 4.79 Å². The van der Waals surface area contributed by atoms with Crippen LogP contribution in [0.1, 0.15) is 27.4 Å². The Labute approximate surface area is 189 Å². The van der Waals surface area contributed by atoms with Gasteiger partial charge in [-0.05, 0) is 56.8 Å². The number of carbonyl (C=O) groups excluding carboxylic acids is 1. The average molecular weight is 434 g/mol. The monoisotopic (exact) mass is 433 g/mol. The molecule has 0 aliphatic carbocycles. The zero-order valence-corrected chi connectivity index (χ0v) is 19.3. The van der Waals surface area contributed by atoms with Crippen molar-refractivity contribution < 1.29 is 9.53 Å². The summed E-state index contributed by atoms with van der Waals surface area (Å²) >= 11 is 0. The fraction of sp³-hybridized carbons (Fsp3) is 0.360. The van der Waals surface area contributed by atoms with Gasteiger partial charge in [-0.3, -0.25) is 9.69 Å². The number of carbonyl (C=O) groups is 1. The zero-order chi connectivity index (χ0) is 22.7. The lowest BCUT2D eigenvalue weighted by Crippen LogP contribution is -2.43. The van der Waals surface area contributed by atoms with E-state index >= 15 is 0 Å². The summed E-state index contributed by atoms with van der Waals surface area (Å²) in [7, 11) is 3.76.